The Morgan fingerprint density at radius 3 is 2.18 bits per heavy atom. The molecule has 0 radical (unpaired) electrons. The molecule has 4 aromatic rings. The van der Waals surface area contributed by atoms with E-state index < -0.39 is 11.7 Å². The van der Waals surface area contributed by atoms with Gasteiger partial charge in [-0.15, -0.1) is 0 Å². The summed E-state index contributed by atoms with van der Waals surface area (Å²) < 4.78 is 45.5. The number of methoxy groups -OCH3 is 1. The molecule has 0 atom stereocenters. The smallest absolute Gasteiger partial charge is 0.416 e. The molecule has 1 aromatic heterocycles. The third-order valence-corrected chi connectivity index (χ3v) is 4.80. The largest absolute Gasteiger partial charge is 0.497 e. The average Bonchev–Trinajstić information content (AvgIpc) is 3.08. The van der Waals surface area contributed by atoms with Crippen LogP contribution >= 0.6 is 0 Å². The molecule has 142 valence electrons. The molecule has 0 amide bonds. The molecule has 0 fully saturated rings. The van der Waals surface area contributed by atoms with E-state index in [1.54, 1.807) is 13.3 Å². The van der Waals surface area contributed by atoms with Crippen LogP contribution in [0.2, 0.25) is 0 Å². The highest BCUT2D eigenvalue weighted by Crippen LogP contribution is 2.32. The Labute approximate surface area is 160 Å². The van der Waals surface area contributed by atoms with Crippen molar-refractivity contribution >= 4 is 10.8 Å². The maximum atomic E-state index is 12.8. The fourth-order valence-electron chi connectivity index (χ4n) is 3.26. The molecule has 0 bridgehead atoms. The van der Waals surface area contributed by atoms with E-state index in [0.717, 1.165) is 39.9 Å². The van der Waals surface area contributed by atoms with Crippen LogP contribution < -0.4 is 4.74 Å². The van der Waals surface area contributed by atoms with Gasteiger partial charge in [0, 0.05) is 18.2 Å². The molecule has 0 aliphatic rings. The molecule has 0 N–H and O–H groups in total. The van der Waals surface area contributed by atoms with Gasteiger partial charge in [0.15, 0.2) is 0 Å². The van der Waals surface area contributed by atoms with E-state index in [1.165, 1.54) is 12.1 Å². The van der Waals surface area contributed by atoms with Crippen LogP contribution in [0, 0.1) is 0 Å². The van der Waals surface area contributed by atoms with Gasteiger partial charge in [-0.05, 0) is 41.1 Å². The van der Waals surface area contributed by atoms with Crippen molar-refractivity contribution in [2.75, 3.05) is 7.11 Å². The van der Waals surface area contributed by atoms with Crippen LogP contribution in [-0.4, -0.2) is 16.7 Å². The van der Waals surface area contributed by atoms with Crippen molar-refractivity contribution in [2.45, 2.75) is 6.18 Å². The quantitative estimate of drug-likeness (QED) is 0.439. The predicted octanol–water partition coefficient (Wildman–Crippen LogP) is 5.93. The Balaban J connectivity index is 1.71. The van der Waals surface area contributed by atoms with Crippen molar-refractivity contribution in [3.63, 3.8) is 0 Å². The number of aromatic nitrogens is 2. The molecular weight excluding hydrogens is 365 g/mol. The number of alkyl halides is 3. The van der Waals surface area contributed by atoms with Gasteiger partial charge < -0.3 is 9.30 Å². The maximum Gasteiger partial charge on any atom is 0.416 e. The monoisotopic (exact) mass is 382 g/mol. The number of nitrogens with zero attached hydrogens (tertiary/aromatic N) is 2. The van der Waals surface area contributed by atoms with E-state index in [0.29, 0.717) is 11.4 Å². The summed E-state index contributed by atoms with van der Waals surface area (Å²) in [4.78, 5) is 4.42. The number of hydrogen-bond acceptors (Lipinski definition) is 2. The number of benzene rings is 3. The van der Waals surface area contributed by atoms with E-state index in [2.05, 4.69) is 11.1 Å². The highest BCUT2D eigenvalue weighted by molar-refractivity contribution is 5.88. The molecule has 0 aliphatic heterocycles. The van der Waals surface area contributed by atoms with Crippen molar-refractivity contribution in [1.82, 2.24) is 9.55 Å². The van der Waals surface area contributed by atoms with Crippen molar-refractivity contribution in [3.05, 3.63) is 72.4 Å². The average molecular weight is 382 g/mol. The highest BCUT2D eigenvalue weighted by atomic mass is 19.4. The molecule has 0 unspecified atom stereocenters. The highest BCUT2D eigenvalue weighted by Gasteiger charge is 2.30. The second-order valence-corrected chi connectivity index (χ2v) is 6.53. The minimum atomic E-state index is -4.35. The minimum absolute atomic E-state index is 0.610. The predicted molar refractivity (Wildman–Crippen MR) is 103 cm³/mol. The van der Waals surface area contributed by atoms with Gasteiger partial charge in [0.05, 0.1) is 24.6 Å². The number of fused-ring (bicyclic) bond motifs is 1. The summed E-state index contributed by atoms with van der Waals surface area (Å²) in [5.74, 6) is 1.41. The molecule has 4 rings (SSSR count). The first-order chi connectivity index (χ1) is 13.4. The van der Waals surface area contributed by atoms with Crippen LogP contribution in [0.15, 0.2) is 66.9 Å². The number of hydrogen-bond donors (Lipinski definition) is 0. The number of imidazole rings is 1. The van der Waals surface area contributed by atoms with Crippen molar-refractivity contribution in [3.8, 4) is 28.4 Å². The molecule has 0 aliphatic carbocycles. The van der Waals surface area contributed by atoms with Crippen molar-refractivity contribution in [2.24, 2.45) is 7.05 Å². The van der Waals surface area contributed by atoms with Gasteiger partial charge in [-0.2, -0.15) is 13.2 Å². The zero-order valence-corrected chi connectivity index (χ0v) is 15.3. The molecular formula is C22H17F3N2O. The summed E-state index contributed by atoms with van der Waals surface area (Å²) in [7, 11) is 3.49. The summed E-state index contributed by atoms with van der Waals surface area (Å²) >= 11 is 0. The number of rotatable bonds is 3. The summed E-state index contributed by atoms with van der Waals surface area (Å²) in [5, 5.41) is 2.13. The molecule has 28 heavy (non-hydrogen) atoms. The van der Waals surface area contributed by atoms with E-state index in [4.69, 9.17) is 4.74 Å². The van der Waals surface area contributed by atoms with Crippen LogP contribution in [0.1, 0.15) is 5.56 Å². The third-order valence-electron chi connectivity index (χ3n) is 4.80. The van der Waals surface area contributed by atoms with Gasteiger partial charge in [-0.1, -0.05) is 30.3 Å². The lowest BCUT2D eigenvalue weighted by Gasteiger charge is -2.10. The molecule has 3 nitrogen and oxygen atoms in total. The van der Waals surface area contributed by atoms with Gasteiger partial charge in [-0.3, -0.25) is 0 Å². The lowest BCUT2D eigenvalue weighted by molar-refractivity contribution is -0.137. The fraction of sp³-hybridized carbons (Fsp3) is 0.136. The first-order valence-corrected chi connectivity index (χ1v) is 8.64. The van der Waals surface area contributed by atoms with Gasteiger partial charge in [-0.25, -0.2) is 4.98 Å². The second-order valence-electron chi connectivity index (χ2n) is 6.53. The molecule has 0 spiro atoms. The van der Waals surface area contributed by atoms with Gasteiger partial charge >= 0.3 is 6.18 Å². The number of halogens is 3. The fourth-order valence-corrected chi connectivity index (χ4v) is 3.26. The summed E-state index contributed by atoms with van der Waals surface area (Å²) in [5.41, 5.74) is 1.82. The van der Waals surface area contributed by atoms with Gasteiger partial charge in [0.2, 0.25) is 0 Å². The van der Waals surface area contributed by atoms with Crippen LogP contribution in [-0.2, 0) is 13.2 Å². The Kier molecular flexibility index (Phi) is 4.34. The zero-order valence-electron chi connectivity index (χ0n) is 15.3. The Hall–Kier alpha value is -3.28. The normalized spacial score (nSPS) is 11.8. The lowest BCUT2D eigenvalue weighted by Crippen LogP contribution is -2.04. The first kappa shape index (κ1) is 18.1. The maximum absolute atomic E-state index is 12.8. The van der Waals surface area contributed by atoms with E-state index in [-0.39, 0.29) is 0 Å². The molecule has 6 heteroatoms. The third kappa shape index (κ3) is 3.22. The minimum Gasteiger partial charge on any atom is -0.497 e. The van der Waals surface area contributed by atoms with Crippen LogP contribution in [0.5, 0.6) is 5.75 Å². The summed E-state index contributed by atoms with van der Waals surface area (Å²) in [6, 6.07) is 17.0. The van der Waals surface area contributed by atoms with Crippen molar-refractivity contribution < 1.29 is 17.9 Å². The standard InChI is InChI=1S/C22H17F3N2O/c1-27-20(17-4-3-16-12-19(28-2)10-7-15(16)11-17)13-26-21(27)14-5-8-18(9-6-14)22(23,24)25/h3-13H,1-2H3. The van der Waals surface area contributed by atoms with Gasteiger partial charge in [0.1, 0.15) is 11.6 Å². The first-order valence-electron chi connectivity index (χ1n) is 8.64. The summed E-state index contributed by atoms with van der Waals surface area (Å²) in [6.07, 6.45) is -2.61. The van der Waals surface area contributed by atoms with E-state index >= 15 is 0 Å². The van der Waals surface area contributed by atoms with E-state index in [1.807, 2.05) is 41.9 Å². The zero-order chi connectivity index (χ0) is 19.9. The Bertz CT molecular complexity index is 1140. The van der Waals surface area contributed by atoms with Crippen LogP contribution in [0.4, 0.5) is 13.2 Å². The molecule has 1 heterocycles. The SMILES string of the molecule is COc1ccc2cc(-c3cnc(-c4ccc(C(F)(F)F)cc4)n3C)ccc2c1. The lowest BCUT2D eigenvalue weighted by atomic mass is 10.0. The van der Waals surface area contributed by atoms with Gasteiger partial charge in [0.25, 0.3) is 0 Å². The second kappa shape index (κ2) is 6.71. The Morgan fingerprint density at radius 1 is 0.857 bits per heavy atom. The Morgan fingerprint density at radius 2 is 1.50 bits per heavy atom. The summed E-state index contributed by atoms with van der Waals surface area (Å²) in [6.45, 7) is 0. The molecule has 3 aromatic carbocycles. The van der Waals surface area contributed by atoms with Crippen LogP contribution in [0.25, 0.3) is 33.4 Å². The topological polar surface area (TPSA) is 27.1 Å². The number of ether oxygens (including phenoxy) is 1. The molecule has 0 saturated carbocycles. The van der Waals surface area contributed by atoms with E-state index in [9.17, 15) is 13.2 Å². The van der Waals surface area contributed by atoms with Crippen molar-refractivity contribution in [1.29, 1.82) is 0 Å². The van der Waals surface area contributed by atoms with Crippen LogP contribution in [0.3, 0.4) is 0 Å². The molecule has 0 saturated heterocycles.